The monoisotopic (exact) mass is 477 g/mol. The van der Waals surface area contributed by atoms with Crippen molar-refractivity contribution >= 4 is 29.2 Å². The van der Waals surface area contributed by atoms with Crippen LogP contribution < -0.4 is 15.2 Å². The molecule has 0 aliphatic carbocycles. The van der Waals surface area contributed by atoms with Gasteiger partial charge in [-0.3, -0.25) is 9.59 Å². The first-order valence-corrected chi connectivity index (χ1v) is 10.4. The van der Waals surface area contributed by atoms with Gasteiger partial charge in [0.25, 0.3) is 0 Å². The molecule has 0 unspecified atom stereocenters. The Labute approximate surface area is 201 Å². The average Bonchev–Trinajstić information content (AvgIpc) is 2.89. The molecule has 3 rings (SSSR count). The third-order valence-corrected chi connectivity index (χ3v) is 5.00. The highest BCUT2D eigenvalue weighted by Gasteiger charge is 2.18. The van der Waals surface area contributed by atoms with Crippen LogP contribution in [0, 0.1) is 0 Å². The van der Waals surface area contributed by atoms with Crippen LogP contribution in [0.4, 0.5) is 5.69 Å². The quantitative estimate of drug-likeness (QED) is 0.265. The smallest absolute Gasteiger partial charge is 0.340 e. The van der Waals surface area contributed by atoms with Crippen LogP contribution in [0.25, 0.3) is 0 Å². The van der Waals surface area contributed by atoms with E-state index in [2.05, 4.69) is 0 Å². The van der Waals surface area contributed by atoms with Gasteiger partial charge in [-0.15, -0.1) is 0 Å². The van der Waals surface area contributed by atoms with Gasteiger partial charge in [-0.2, -0.15) is 0 Å². The molecule has 0 aliphatic heterocycles. The number of ketones is 2. The number of benzene rings is 3. The molecule has 0 heterocycles. The fraction of sp³-hybridized carbons (Fsp3) is 0.154. The van der Waals surface area contributed by atoms with Crippen LogP contribution >= 0.6 is 0 Å². The largest absolute Gasteiger partial charge is 0.497 e. The molecular weight excluding hydrogens is 454 g/mol. The van der Waals surface area contributed by atoms with Crippen LogP contribution in [0.15, 0.2) is 66.7 Å². The van der Waals surface area contributed by atoms with Gasteiger partial charge in [0.15, 0.2) is 24.8 Å². The van der Waals surface area contributed by atoms with Gasteiger partial charge in [0.1, 0.15) is 11.5 Å². The Balaban J connectivity index is 1.55. The highest BCUT2D eigenvalue weighted by Crippen LogP contribution is 2.18. The molecule has 0 saturated heterocycles. The van der Waals surface area contributed by atoms with Gasteiger partial charge in [-0.05, 0) is 66.7 Å². The van der Waals surface area contributed by atoms with Crippen LogP contribution in [0.2, 0.25) is 0 Å². The number of carbonyl (C=O) groups excluding carboxylic acids is 4. The molecule has 0 aliphatic rings. The highest BCUT2D eigenvalue weighted by atomic mass is 16.5. The lowest BCUT2D eigenvalue weighted by atomic mass is 10.1. The first-order chi connectivity index (χ1) is 16.8. The molecule has 3 aromatic carbocycles. The van der Waals surface area contributed by atoms with Crippen molar-refractivity contribution in [3.8, 4) is 11.5 Å². The lowest BCUT2D eigenvalue weighted by Gasteiger charge is -2.09. The molecule has 180 valence electrons. The Hall–Kier alpha value is -4.66. The average molecular weight is 477 g/mol. The molecule has 0 spiro atoms. The maximum absolute atomic E-state index is 12.4. The molecule has 35 heavy (non-hydrogen) atoms. The van der Waals surface area contributed by atoms with E-state index in [1.807, 2.05) is 0 Å². The summed E-state index contributed by atoms with van der Waals surface area (Å²) in [6.45, 7) is -0.954. The lowest BCUT2D eigenvalue weighted by Crippen LogP contribution is -2.17. The highest BCUT2D eigenvalue weighted by molar-refractivity contribution is 6.02. The Morgan fingerprint density at radius 2 is 1.06 bits per heavy atom. The number of methoxy groups -OCH3 is 2. The third-order valence-electron chi connectivity index (χ3n) is 5.00. The minimum absolute atomic E-state index is 0.0154. The second-order valence-corrected chi connectivity index (χ2v) is 7.26. The van der Waals surface area contributed by atoms with Crippen molar-refractivity contribution in [3.63, 3.8) is 0 Å². The predicted octanol–water partition coefficient (Wildman–Crippen LogP) is 3.37. The normalized spacial score (nSPS) is 10.2. The fourth-order valence-corrected chi connectivity index (χ4v) is 3.02. The van der Waals surface area contributed by atoms with Gasteiger partial charge < -0.3 is 24.7 Å². The van der Waals surface area contributed by atoms with Crippen molar-refractivity contribution < 1.29 is 38.1 Å². The zero-order valence-electron chi connectivity index (χ0n) is 19.1. The number of nitrogens with two attached hydrogens (primary N) is 1. The number of rotatable bonds is 10. The Morgan fingerprint density at radius 1 is 0.629 bits per heavy atom. The molecular formula is C26H23NO8. The number of hydrogen-bond donors (Lipinski definition) is 1. The number of hydrogen-bond acceptors (Lipinski definition) is 9. The summed E-state index contributed by atoms with van der Waals surface area (Å²) in [4.78, 5) is 49.1. The summed E-state index contributed by atoms with van der Waals surface area (Å²) >= 11 is 0. The Bertz CT molecular complexity index is 1230. The molecule has 0 radical (unpaired) electrons. The van der Waals surface area contributed by atoms with Crippen molar-refractivity contribution in [2.75, 3.05) is 33.2 Å². The summed E-state index contributed by atoms with van der Waals surface area (Å²) in [5, 5.41) is 0. The van der Waals surface area contributed by atoms with Crippen molar-refractivity contribution in [2.45, 2.75) is 0 Å². The summed E-state index contributed by atoms with van der Waals surface area (Å²) in [5.74, 6) is -1.21. The molecule has 0 saturated carbocycles. The van der Waals surface area contributed by atoms with Crippen LogP contribution in [-0.2, 0) is 9.47 Å². The maximum Gasteiger partial charge on any atom is 0.340 e. The second kappa shape index (κ2) is 11.5. The van der Waals surface area contributed by atoms with E-state index in [4.69, 9.17) is 24.7 Å². The van der Waals surface area contributed by atoms with Crippen LogP contribution in [0.3, 0.4) is 0 Å². The Morgan fingerprint density at radius 3 is 1.49 bits per heavy atom. The number of anilines is 1. The van der Waals surface area contributed by atoms with E-state index in [0.717, 1.165) is 0 Å². The fourth-order valence-electron chi connectivity index (χ4n) is 3.02. The number of nitrogen functional groups attached to an aromatic ring is 1. The van der Waals surface area contributed by atoms with Gasteiger partial charge in [-0.25, -0.2) is 9.59 Å². The molecule has 3 aromatic rings. The first kappa shape index (κ1) is 25.0. The molecule has 0 atom stereocenters. The van der Waals surface area contributed by atoms with E-state index in [1.54, 1.807) is 48.5 Å². The van der Waals surface area contributed by atoms with Gasteiger partial charge in [0, 0.05) is 16.8 Å². The van der Waals surface area contributed by atoms with E-state index in [0.29, 0.717) is 22.6 Å². The van der Waals surface area contributed by atoms with E-state index >= 15 is 0 Å². The van der Waals surface area contributed by atoms with E-state index in [1.165, 1.54) is 32.4 Å². The van der Waals surface area contributed by atoms with Crippen LogP contribution in [0.1, 0.15) is 41.4 Å². The van der Waals surface area contributed by atoms with Crippen molar-refractivity contribution in [2.24, 2.45) is 0 Å². The van der Waals surface area contributed by atoms with Crippen molar-refractivity contribution in [1.29, 1.82) is 0 Å². The topological polar surface area (TPSA) is 131 Å². The zero-order valence-corrected chi connectivity index (χ0v) is 19.1. The third kappa shape index (κ3) is 6.44. The molecule has 0 fully saturated rings. The maximum atomic E-state index is 12.4. The van der Waals surface area contributed by atoms with Crippen molar-refractivity contribution in [1.82, 2.24) is 0 Å². The standard InChI is InChI=1S/C26H23NO8/c1-32-19-8-3-16(4-9-19)23(28)14-34-25(30)18-7-12-21(22(27)13-18)26(31)35-15-24(29)17-5-10-20(33-2)11-6-17/h3-13H,14-15,27H2,1-2H3. The van der Waals surface area contributed by atoms with Gasteiger partial charge in [0.05, 0.1) is 25.3 Å². The number of ether oxygens (including phenoxy) is 4. The molecule has 0 bridgehead atoms. The number of carbonyl (C=O) groups is 4. The summed E-state index contributed by atoms with van der Waals surface area (Å²) < 4.78 is 20.2. The van der Waals surface area contributed by atoms with Crippen LogP contribution in [0.5, 0.6) is 11.5 Å². The zero-order chi connectivity index (χ0) is 25.4. The van der Waals surface area contributed by atoms with Gasteiger partial charge in [-0.1, -0.05) is 0 Å². The minimum Gasteiger partial charge on any atom is -0.497 e. The molecule has 0 aromatic heterocycles. The van der Waals surface area contributed by atoms with Gasteiger partial charge in [0.2, 0.25) is 0 Å². The van der Waals surface area contributed by atoms with Crippen molar-refractivity contribution in [3.05, 3.63) is 89.0 Å². The van der Waals surface area contributed by atoms with Crippen LogP contribution in [-0.4, -0.2) is 50.9 Å². The second-order valence-electron chi connectivity index (χ2n) is 7.26. The number of esters is 2. The lowest BCUT2D eigenvalue weighted by molar-refractivity contribution is 0.0468. The molecule has 9 nitrogen and oxygen atoms in total. The molecule has 9 heteroatoms. The molecule has 0 amide bonds. The molecule has 2 N–H and O–H groups in total. The summed E-state index contributed by atoms with van der Waals surface area (Å²) in [7, 11) is 3.02. The SMILES string of the molecule is COc1ccc(C(=O)COC(=O)c2ccc(C(=O)OCC(=O)c3ccc(OC)cc3)c(N)c2)cc1. The summed E-state index contributed by atoms with van der Waals surface area (Å²) in [5.41, 5.74) is 6.61. The first-order valence-electron chi connectivity index (χ1n) is 10.4. The van der Waals surface area contributed by atoms with E-state index in [9.17, 15) is 19.2 Å². The summed E-state index contributed by atoms with van der Waals surface area (Å²) in [6, 6.07) is 16.6. The van der Waals surface area contributed by atoms with E-state index < -0.39 is 36.7 Å². The summed E-state index contributed by atoms with van der Waals surface area (Å²) in [6.07, 6.45) is 0. The van der Waals surface area contributed by atoms with Gasteiger partial charge >= 0.3 is 11.9 Å². The minimum atomic E-state index is -0.820. The van der Waals surface area contributed by atoms with E-state index in [-0.39, 0.29) is 16.8 Å². The Kier molecular flexibility index (Phi) is 8.18. The number of Topliss-reactive ketones (excluding diaryl/α,β-unsaturated/α-hetero) is 2. The predicted molar refractivity (Wildman–Crippen MR) is 126 cm³/mol.